The predicted molar refractivity (Wildman–Crippen MR) is 379 cm³/mol. The summed E-state index contributed by atoms with van der Waals surface area (Å²) in [5, 5.41) is 23.5. The monoisotopic (exact) mass is 1210 g/mol. The molecule has 0 aromatic rings. The summed E-state index contributed by atoms with van der Waals surface area (Å²) in [6.07, 6.45) is 97.9. The maximum absolute atomic E-state index is 12.6. The molecule has 0 aliphatic carbocycles. The average molecular weight is 1210 g/mol. The van der Waals surface area contributed by atoms with E-state index in [0.29, 0.717) is 25.9 Å². The van der Waals surface area contributed by atoms with Gasteiger partial charge in [-0.3, -0.25) is 9.59 Å². The second-order valence-corrected chi connectivity index (χ2v) is 27.0. The molecule has 0 rings (SSSR count). The van der Waals surface area contributed by atoms with Crippen LogP contribution in [0.5, 0.6) is 0 Å². The van der Waals surface area contributed by atoms with Gasteiger partial charge in [0.1, 0.15) is 0 Å². The normalized spacial score (nSPS) is 12.7. The van der Waals surface area contributed by atoms with Gasteiger partial charge >= 0.3 is 5.97 Å². The summed E-state index contributed by atoms with van der Waals surface area (Å²) in [6, 6.07) is -0.546. The molecular formula is C80H153NO5. The van der Waals surface area contributed by atoms with Crippen LogP contribution in [0.2, 0.25) is 0 Å². The topological polar surface area (TPSA) is 95.9 Å². The lowest BCUT2D eigenvalue weighted by Crippen LogP contribution is -2.45. The first-order valence-corrected chi connectivity index (χ1v) is 39.2. The van der Waals surface area contributed by atoms with Gasteiger partial charge < -0.3 is 20.3 Å². The molecule has 2 unspecified atom stereocenters. The zero-order chi connectivity index (χ0) is 62.0. The van der Waals surface area contributed by atoms with E-state index in [1.807, 2.05) is 0 Å². The van der Waals surface area contributed by atoms with Crippen molar-refractivity contribution in [3.63, 3.8) is 0 Å². The number of carbonyl (C=O) groups is 2. The molecule has 1 amide bonds. The number of carbonyl (C=O) groups excluding carboxylic acids is 2. The number of unbranched alkanes of at least 4 members (excludes halogenated alkanes) is 57. The molecule has 0 fully saturated rings. The maximum Gasteiger partial charge on any atom is 0.305 e. The third-order valence-electron chi connectivity index (χ3n) is 18.4. The first-order valence-electron chi connectivity index (χ1n) is 39.2. The number of aliphatic hydroxyl groups excluding tert-OH is 2. The standard InChI is InChI=1S/C80H153NO5/c1-3-5-7-9-11-13-15-17-19-21-23-24-25-27-30-33-37-40-44-48-52-56-60-64-68-72-78(83)77(76-82)81-79(84)73-69-65-61-57-53-49-45-41-38-34-31-28-26-29-32-35-39-43-47-51-55-59-63-67-71-75-86-80(85)74-70-66-62-58-54-50-46-42-36-22-20-18-16-14-12-10-8-6-4-2/h12,14,18,20,28,31,77-78,82-83H,3-11,13,15-17,19,21-27,29-30,32-76H2,1-2H3,(H,81,84)/b14-12-,20-18-,31-28-. The third-order valence-corrected chi connectivity index (χ3v) is 18.4. The van der Waals surface area contributed by atoms with Crippen LogP contribution in [0.1, 0.15) is 438 Å². The molecule has 3 N–H and O–H groups in total. The molecule has 0 aliphatic rings. The van der Waals surface area contributed by atoms with Crippen molar-refractivity contribution in [2.45, 2.75) is 450 Å². The van der Waals surface area contributed by atoms with Crippen LogP contribution in [0.15, 0.2) is 36.5 Å². The van der Waals surface area contributed by atoms with E-state index in [2.05, 4.69) is 55.6 Å². The van der Waals surface area contributed by atoms with E-state index in [9.17, 15) is 19.8 Å². The Kier molecular flexibility index (Phi) is 73.9. The molecule has 0 radical (unpaired) electrons. The van der Waals surface area contributed by atoms with Crippen molar-refractivity contribution in [3.05, 3.63) is 36.5 Å². The first kappa shape index (κ1) is 84.1. The summed E-state index contributed by atoms with van der Waals surface area (Å²) in [6.45, 7) is 4.97. The molecule has 0 heterocycles. The summed E-state index contributed by atoms with van der Waals surface area (Å²) in [5.41, 5.74) is 0. The lowest BCUT2D eigenvalue weighted by atomic mass is 10.0. The Hall–Kier alpha value is -1.92. The molecule has 0 saturated heterocycles. The van der Waals surface area contributed by atoms with Gasteiger partial charge in [0.05, 0.1) is 25.4 Å². The summed E-state index contributed by atoms with van der Waals surface area (Å²) in [5.74, 6) is -0.0222. The zero-order valence-corrected chi connectivity index (χ0v) is 58.3. The van der Waals surface area contributed by atoms with E-state index in [1.54, 1.807) is 0 Å². The van der Waals surface area contributed by atoms with Crippen LogP contribution >= 0.6 is 0 Å². The van der Waals surface area contributed by atoms with Gasteiger partial charge in [0, 0.05) is 12.8 Å². The number of allylic oxidation sites excluding steroid dienone is 6. The highest BCUT2D eigenvalue weighted by Crippen LogP contribution is 2.20. The van der Waals surface area contributed by atoms with E-state index in [-0.39, 0.29) is 18.5 Å². The van der Waals surface area contributed by atoms with Crippen LogP contribution in [0.4, 0.5) is 0 Å². The highest BCUT2D eigenvalue weighted by molar-refractivity contribution is 5.76. The molecule has 86 heavy (non-hydrogen) atoms. The van der Waals surface area contributed by atoms with Crippen molar-refractivity contribution in [2.75, 3.05) is 13.2 Å². The maximum atomic E-state index is 12.6. The largest absolute Gasteiger partial charge is 0.466 e. The molecule has 0 aliphatic heterocycles. The number of esters is 1. The number of hydrogen-bond donors (Lipinski definition) is 3. The minimum absolute atomic E-state index is 0.0107. The zero-order valence-electron chi connectivity index (χ0n) is 58.3. The third kappa shape index (κ3) is 71.2. The summed E-state index contributed by atoms with van der Waals surface area (Å²) >= 11 is 0. The van der Waals surface area contributed by atoms with Gasteiger partial charge in [-0.2, -0.15) is 0 Å². The molecule has 508 valence electrons. The van der Waals surface area contributed by atoms with Crippen LogP contribution in [0.25, 0.3) is 0 Å². The average Bonchev–Trinajstić information content (AvgIpc) is 3.53. The molecule has 0 spiro atoms. The van der Waals surface area contributed by atoms with Crippen molar-refractivity contribution in [2.24, 2.45) is 0 Å². The van der Waals surface area contributed by atoms with Gasteiger partial charge in [-0.05, 0) is 83.5 Å². The van der Waals surface area contributed by atoms with Crippen LogP contribution in [0, 0.1) is 0 Å². The number of amides is 1. The van der Waals surface area contributed by atoms with E-state index in [4.69, 9.17) is 4.74 Å². The van der Waals surface area contributed by atoms with E-state index < -0.39 is 12.1 Å². The van der Waals surface area contributed by atoms with Crippen molar-refractivity contribution >= 4 is 11.9 Å². The molecule has 0 aromatic heterocycles. The molecule has 6 heteroatoms. The summed E-state index contributed by atoms with van der Waals surface area (Å²) < 4.78 is 5.51. The van der Waals surface area contributed by atoms with E-state index >= 15 is 0 Å². The van der Waals surface area contributed by atoms with Crippen LogP contribution in [0.3, 0.4) is 0 Å². The first-order chi connectivity index (χ1) is 42.5. The fourth-order valence-electron chi connectivity index (χ4n) is 12.4. The quantitative estimate of drug-likeness (QED) is 0.0320. The molecule has 0 bridgehead atoms. The Morgan fingerprint density at radius 2 is 0.581 bits per heavy atom. The Balaban J connectivity index is 3.39. The van der Waals surface area contributed by atoms with Gasteiger partial charge in [0.15, 0.2) is 0 Å². The van der Waals surface area contributed by atoms with Crippen molar-refractivity contribution in [1.82, 2.24) is 5.32 Å². The van der Waals surface area contributed by atoms with Crippen LogP contribution in [-0.2, 0) is 14.3 Å². The molecule has 0 aromatic carbocycles. The van der Waals surface area contributed by atoms with Gasteiger partial charge in [-0.1, -0.05) is 378 Å². The second-order valence-electron chi connectivity index (χ2n) is 27.0. The second kappa shape index (κ2) is 75.5. The Morgan fingerprint density at radius 1 is 0.326 bits per heavy atom. The smallest absolute Gasteiger partial charge is 0.305 e. The number of aliphatic hydroxyl groups is 2. The SMILES string of the molecule is CCCCC/C=C\C/C=C\CCCCCCCCCCCC(=O)OCCCCCCCCCCCCCC/C=C\CCCCCCCCCCCC(=O)NC(CO)C(O)CCCCCCCCCCCCCCCCCCCCCCCCCCC. The molecule has 0 saturated carbocycles. The van der Waals surface area contributed by atoms with Crippen molar-refractivity contribution < 1.29 is 24.5 Å². The molecule has 6 nitrogen and oxygen atoms in total. The number of hydrogen-bond acceptors (Lipinski definition) is 5. The van der Waals surface area contributed by atoms with Crippen molar-refractivity contribution in [1.29, 1.82) is 0 Å². The van der Waals surface area contributed by atoms with Crippen LogP contribution < -0.4 is 5.32 Å². The Bertz CT molecular complexity index is 1390. The Morgan fingerprint density at radius 3 is 0.919 bits per heavy atom. The lowest BCUT2D eigenvalue weighted by molar-refractivity contribution is -0.143. The Labute approximate surface area is 538 Å². The fourth-order valence-corrected chi connectivity index (χ4v) is 12.4. The van der Waals surface area contributed by atoms with Crippen molar-refractivity contribution in [3.8, 4) is 0 Å². The van der Waals surface area contributed by atoms with Gasteiger partial charge in [0.25, 0.3) is 0 Å². The summed E-state index contributed by atoms with van der Waals surface area (Å²) in [7, 11) is 0. The molecular weight excluding hydrogens is 1050 g/mol. The number of ether oxygens (including phenoxy) is 1. The van der Waals surface area contributed by atoms with Gasteiger partial charge in [-0.15, -0.1) is 0 Å². The van der Waals surface area contributed by atoms with Gasteiger partial charge in [0.2, 0.25) is 5.91 Å². The van der Waals surface area contributed by atoms with E-state index in [1.165, 1.54) is 353 Å². The highest BCUT2D eigenvalue weighted by Gasteiger charge is 2.20. The van der Waals surface area contributed by atoms with Crippen LogP contribution in [-0.4, -0.2) is 47.4 Å². The minimum atomic E-state index is -0.669. The molecule has 2 atom stereocenters. The highest BCUT2D eigenvalue weighted by atomic mass is 16.5. The number of rotatable bonds is 74. The van der Waals surface area contributed by atoms with E-state index in [0.717, 1.165) is 51.4 Å². The lowest BCUT2D eigenvalue weighted by Gasteiger charge is -2.22. The fraction of sp³-hybridized carbons (Fsp3) is 0.900. The van der Waals surface area contributed by atoms with Gasteiger partial charge in [-0.25, -0.2) is 0 Å². The predicted octanol–water partition coefficient (Wildman–Crippen LogP) is 25.8. The number of nitrogens with one attached hydrogen (secondary N) is 1. The minimum Gasteiger partial charge on any atom is -0.466 e. The summed E-state index contributed by atoms with van der Waals surface area (Å²) in [4.78, 5) is 24.7.